The Morgan fingerprint density at radius 1 is 1.26 bits per heavy atom. The van der Waals surface area contributed by atoms with E-state index in [1.165, 1.54) is 4.68 Å². The largest absolute Gasteiger partial charge is 0.494 e. The second kappa shape index (κ2) is 12.5. The molecular weight excluding hydrogens is 591 g/mol. The van der Waals surface area contributed by atoms with Gasteiger partial charge >= 0.3 is 6.18 Å². The van der Waals surface area contributed by atoms with E-state index in [0.717, 1.165) is 17.4 Å². The van der Waals surface area contributed by atoms with Crippen LogP contribution in [-0.2, 0) is 44.3 Å². The van der Waals surface area contributed by atoms with Crippen LogP contribution in [0.15, 0.2) is 18.2 Å². The lowest BCUT2D eigenvalue weighted by Gasteiger charge is -2.42. The first-order valence-electron chi connectivity index (χ1n) is 13.2. The lowest BCUT2D eigenvalue weighted by Crippen LogP contribution is -2.53. The third kappa shape index (κ3) is 7.96. The minimum absolute atomic E-state index is 0.0160. The molecule has 0 radical (unpaired) electrons. The van der Waals surface area contributed by atoms with Crippen LogP contribution in [0.4, 0.5) is 27.8 Å². The molecule has 232 valence electrons. The number of aryl methyl sites for hydroxylation is 1. The van der Waals surface area contributed by atoms with Crippen molar-refractivity contribution in [2.75, 3.05) is 37.1 Å². The summed E-state index contributed by atoms with van der Waals surface area (Å²) in [5.74, 6) is -2.03. The molecule has 2 amide bonds. The van der Waals surface area contributed by atoms with Gasteiger partial charge in [0.05, 0.1) is 31.0 Å². The first-order valence-corrected chi connectivity index (χ1v) is 15.3. The molecule has 1 atom stereocenters. The van der Waals surface area contributed by atoms with E-state index in [4.69, 9.17) is 9.47 Å². The monoisotopic (exact) mass is 622 g/mol. The minimum atomic E-state index is -4.26. The number of carbonyl (C=O) groups excluding carboxylic acids is 2. The molecule has 1 aliphatic carbocycles. The topological polar surface area (TPSA) is 129 Å². The summed E-state index contributed by atoms with van der Waals surface area (Å²) in [4.78, 5) is 25.9. The molecule has 0 bridgehead atoms. The summed E-state index contributed by atoms with van der Waals surface area (Å²) in [6, 6.07) is 5.14. The molecule has 10 nitrogen and oxygen atoms in total. The van der Waals surface area contributed by atoms with Crippen LogP contribution in [0.1, 0.15) is 52.9 Å². The Bertz CT molecular complexity index is 1430. The molecular formula is C26H31F5N4O6S. The Labute approximate surface area is 238 Å². The number of aromatic nitrogens is 2. The molecule has 2 heterocycles. The van der Waals surface area contributed by atoms with Crippen molar-refractivity contribution in [1.82, 2.24) is 15.1 Å². The minimum Gasteiger partial charge on any atom is -0.494 e. The highest BCUT2D eigenvalue weighted by Gasteiger charge is 2.45. The number of anilines is 1. The zero-order valence-corrected chi connectivity index (χ0v) is 23.5. The maximum absolute atomic E-state index is 13.5. The summed E-state index contributed by atoms with van der Waals surface area (Å²) in [6.07, 6.45) is -5.11. The van der Waals surface area contributed by atoms with Crippen LogP contribution in [0.2, 0.25) is 0 Å². The lowest BCUT2D eigenvalue weighted by molar-refractivity contribution is -0.136. The molecule has 0 fully saturated rings. The van der Waals surface area contributed by atoms with E-state index >= 15 is 0 Å². The molecule has 0 saturated heterocycles. The second-order valence-corrected chi connectivity index (χ2v) is 12.6. The number of amides is 2. The van der Waals surface area contributed by atoms with Crippen molar-refractivity contribution >= 4 is 27.5 Å². The van der Waals surface area contributed by atoms with Gasteiger partial charge in [0.1, 0.15) is 23.7 Å². The first kappa shape index (κ1) is 31.7. The Morgan fingerprint density at radius 3 is 2.71 bits per heavy atom. The van der Waals surface area contributed by atoms with E-state index in [1.54, 1.807) is 18.2 Å². The molecule has 42 heavy (non-hydrogen) atoms. The van der Waals surface area contributed by atoms with E-state index < -0.39 is 58.6 Å². The van der Waals surface area contributed by atoms with Gasteiger partial charge in [0.25, 0.3) is 12.3 Å². The van der Waals surface area contributed by atoms with Crippen molar-refractivity contribution in [3.63, 3.8) is 0 Å². The van der Waals surface area contributed by atoms with Crippen LogP contribution < -0.4 is 15.4 Å². The second-order valence-electron chi connectivity index (χ2n) is 10.4. The van der Waals surface area contributed by atoms with E-state index in [2.05, 4.69) is 15.7 Å². The molecule has 2 N–H and O–H groups in total. The fourth-order valence-corrected chi connectivity index (χ4v) is 5.90. The molecule has 1 aromatic heterocycles. The average molecular weight is 623 g/mol. The fourth-order valence-electron chi connectivity index (χ4n) is 5.35. The number of halogens is 5. The Hall–Kier alpha value is -3.27. The summed E-state index contributed by atoms with van der Waals surface area (Å²) >= 11 is 0. The summed E-state index contributed by atoms with van der Waals surface area (Å²) in [5.41, 5.74) is 1.20. The summed E-state index contributed by atoms with van der Waals surface area (Å²) in [7, 11) is -3.67. The summed E-state index contributed by atoms with van der Waals surface area (Å²) in [6.45, 7) is -1.07. The smallest absolute Gasteiger partial charge is 0.389 e. The van der Waals surface area contributed by atoms with Gasteiger partial charge < -0.3 is 20.1 Å². The maximum atomic E-state index is 13.5. The number of ether oxygens (including phenoxy) is 2. The van der Waals surface area contributed by atoms with Gasteiger partial charge in [-0.3, -0.25) is 14.3 Å². The molecule has 2 aliphatic rings. The van der Waals surface area contributed by atoms with Gasteiger partial charge in [-0.05, 0) is 48.9 Å². The Morgan fingerprint density at radius 2 is 2.02 bits per heavy atom. The quantitative estimate of drug-likeness (QED) is 0.274. The zero-order valence-electron chi connectivity index (χ0n) is 22.7. The highest BCUT2D eigenvalue weighted by molar-refractivity contribution is 7.91. The number of fused-ring (bicyclic) bond motifs is 3. The third-order valence-electron chi connectivity index (χ3n) is 6.96. The lowest BCUT2D eigenvalue weighted by atomic mass is 9.72. The van der Waals surface area contributed by atoms with Crippen molar-refractivity contribution in [1.29, 1.82) is 0 Å². The SMILES string of the molecule is CS(=O)(=O)CC(=O)Nc1nn(CCOCC(F)F)c2c1C(=O)N[C@@]1(CCCc3cc(OCCCC(F)(F)F)ccc31)C2. The number of sulfone groups is 1. The number of nitrogens with zero attached hydrogens (tertiary/aromatic N) is 2. The highest BCUT2D eigenvalue weighted by atomic mass is 32.2. The van der Waals surface area contributed by atoms with Gasteiger partial charge in [-0.25, -0.2) is 17.2 Å². The van der Waals surface area contributed by atoms with Gasteiger partial charge in [-0.2, -0.15) is 18.3 Å². The van der Waals surface area contributed by atoms with E-state index in [-0.39, 0.29) is 44.0 Å². The number of carbonyl (C=O) groups is 2. The van der Waals surface area contributed by atoms with E-state index in [0.29, 0.717) is 30.7 Å². The molecule has 16 heteroatoms. The van der Waals surface area contributed by atoms with Crippen LogP contribution >= 0.6 is 0 Å². The zero-order chi connectivity index (χ0) is 30.7. The molecule has 0 unspecified atom stereocenters. The number of hydrogen-bond acceptors (Lipinski definition) is 7. The Kier molecular flexibility index (Phi) is 9.45. The molecule has 0 saturated carbocycles. The van der Waals surface area contributed by atoms with Crippen molar-refractivity contribution in [3.8, 4) is 5.75 Å². The standard InChI is InChI=1S/C26H31F5N4O6S/c1-42(38,39)15-21(36)32-23-22-19(35(34-23)9-11-40-14-20(27)28)13-25(33-24(22)37)7-2-4-16-12-17(5-6-18(16)25)41-10-3-8-26(29,30)31/h5-6,12,20H,2-4,7-11,13-15H2,1H3,(H,33,37)(H,32,34,36)/t25-/m0/s1. The normalized spacial score (nSPS) is 18.5. The van der Waals surface area contributed by atoms with Crippen LogP contribution in [0.25, 0.3) is 0 Å². The van der Waals surface area contributed by atoms with Gasteiger partial charge in [0.15, 0.2) is 15.7 Å². The molecule has 1 aliphatic heterocycles. The molecule has 1 spiro atoms. The highest BCUT2D eigenvalue weighted by Crippen LogP contribution is 2.43. The number of hydrogen-bond donors (Lipinski definition) is 2. The van der Waals surface area contributed by atoms with Crippen LogP contribution in [-0.4, -0.2) is 74.4 Å². The van der Waals surface area contributed by atoms with Gasteiger partial charge in [-0.15, -0.1) is 0 Å². The van der Waals surface area contributed by atoms with Crippen molar-refractivity contribution in [2.45, 2.75) is 63.2 Å². The average Bonchev–Trinajstić information content (AvgIpc) is 3.19. The number of rotatable bonds is 12. The molecule has 2 aromatic rings. The maximum Gasteiger partial charge on any atom is 0.389 e. The summed E-state index contributed by atoms with van der Waals surface area (Å²) < 4.78 is 97.5. The van der Waals surface area contributed by atoms with E-state index in [9.17, 15) is 40.0 Å². The van der Waals surface area contributed by atoms with E-state index in [1.807, 2.05) is 0 Å². The number of benzene rings is 1. The third-order valence-corrected chi connectivity index (χ3v) is 7.75. The predicted octanol–water partition coefficient (Wildman–Crippen LogP) is 3.39. The predicted molar refractivity (Wildman–Crippen MR) is 140 cm³/mol. The van der Waals surface area contributed by atoms with Gasteiger partial charge in [0, 0.05) is 19.1 Å². The fraction of sp³-hybridized carbons (Fsp3) is 0.577. The van der Waals surface area contributed by atoms with Gasteiger partial charge in [0.2, 0.25) is 5.91 Å². The van der Waals surface area contributed by atoms with Gasteiger partial charge in [-0.1, -0.05) is 6.07 Å². The number of nitrogens with one attached hydrogen (secondary N) is 2. The van der Waals surface area contributed by atoms with Crippen LogP contribution in [0.5, 0.6) is 5.75 Å². The molecule has 1 aromatic carbocycles. The summed E-state index contributed by atoms with van der Waals surface area (Å²) in [5, 5.41) is 9.71. The first-order chi connectivity index (χ1) is 19.7. The number of alkyl halides is 5. The molecule has 4 rings (SSSR count). The van der Waals surface area contributed by atoms with Crippen LogP contribution in [0, 0.1) is 0 Å². The van der Waals surface area contributed by atoms with Crippen molar-refractivity contribution < 1.29 is 49.4 Å². The van der Waals surface area contributed by atoms with Crippen molar-refractivity contribution in [3.05, 3.63) is 40.6 Å². The van der Waals surface area contributed by atoms with Crippen LogP contribution in [0.3, 0.4) is 0 Å². The Balaban J connectivity index is 1.60. The van der Waals surface area contributed by atoms with Crippen molar-refractivity contribution in [2.24, 2.45) is 0 Å².